The van der Waals surface area contributed by atoms with E-state index < -0.39 is 0 Å². The first-order chi connectivity index (χ1) is 12.3. The Hall–Kier alpha value is -2.24. The smallest absolute Gasteiger partial charge is 0.260 e. The standard InChI is InChI=1S/C20H30N2O4/c1-5-14-25-16-6-8-17(9-7-16)26-15-18(23)21-10-12-22(13-11-21)19(24)20(2,3)4/h6-9H,5,10-15H2,1-4H3. The maximum atomic E-state index is 12.3. The predicted octanol–water partition coefficient (Wildman–Crippen LogP) is 2.57. The molecular weight excluding hydrogens is 332 g/mol. The summed E-state index contributed by atoms with van der Waals surface area (Å²) in [6, 6.07) is 7.29. The molecule has 1 fully saturated rings. The first-order valence-corrected chi connectivity index (χ1v) is 9.24. The molecule has 1 heterocycles. The zero-order valence-corrected chi connectivity index (χ0v) is 16.3. The monoisotopic (exact) mass is 362 g/mol. The highest BCUT2D eigenvalue weighted by molar-refractivity contribution is 5.82. The molecule has 1 aromatic rings. The average molecular weight is 362 g/mol. The van der Waals surface area contributed by atoms with Crippen molar-refractivity contribution >= 4 is 11.8 Å². The van der Waals surface area contributed by atoms with Crippen LogP contribution < -0.4 is 9.47 Å². The Morgan fingerprint density at radius 1 is 0.923 bits per heavy atom. The summed E-state index contributed by atoms with van der Waals surface area (Å²) in [6.45, 7) is 10.7. The van der Waals surface area contributed by atoms with Crippen molar-refractivity contribution in [2.24, 2.45) is 5.41 Å². The summed E-state index contributed by atoms with van der Waals surface area (Å²) in [7, 11) is 0. The molecule has 2 rings (SSSR count). The lowest BCUT2D eigenvalue weighted by atomic mass is 9.94. The number of nitrogens with zero attached hydrogens (tertiary/aromatic N) is 2. The normalized spacial score (nSPS) is 14.9. The maximum absolute atomic E-state index is 12.3. The zero-order chi connectivity index (χ0) is 19.2. The molecule has 1 aliphatic rings. The molecule has 0 bridgehead atoms. The zero-order valence-electron chi connectivity index (χ0n) is 16.3. The average Bonchev–Trinajstić information content (AvgIpc) is 2.64. The van der Waals surface area contributed by atoms with Crippen LogP contribution in [0.1, 0.15) is 34.1 Å². The van der Waals surface area contributed by atoms with E-state index in [1.807, 2.05) is 37.8 Å². The minimum atomic E-state index is -0.387. The summed E-state index contributed by atoms with van der Waals surface area (Å²) in [4.78, 5) is 28.2. The summed E-state index contributed by atoms with van der Waals surface area (Å²) in [5, 5.41) is 0. The molecule has 0 unspecified atom stereocenters. The molecule has 2 amide bonds. The number of amides is 2. The SMILES string of the molecule is CCCOc1ccc(OCC(=O)N2CCN(C(=O)C(C)(C)C)CC2)cc1. The number of rotatable bonds is 6. The van der Waals surface area contributed by atoms with Gasteiger partial charge in [-0.2, -0.15) is 0 Å². The fraction of sp³-hybridized carbons (Fsp3) is 0.600. The molecule has 0 saturated carbocycles. The highest BCUT2D eigenvalue weighted by Gasteiger charge is 2.30. The highest BCUT2D eigenvalue weighted by atomic mass is 16.5. The molecule has 0 aromatic heterocycles. The summed E-state index contributed by atoms with van der Waals surface area (Å²) in [5.74, 6) is 1.51. The third-order valence-corrected chi connectivity index (χ3v) is 4.22. The number of ether oxygens (including phenoxy) is 2. The predicted molar refractivity (Wildman–Crippen MR) is 100 cm³/mol. The van der Waals surface area contributed by atoms with Crippen LogP contribution in [0.25, 0.3) is 0 Å². The first kappa shape index (κ1) is 20.1. The minimum Gasteiger partial charge on any atom is -0.494 e. The second-order valence-corrected chi connectivity index (χ2v) is 7.53. The van der Waals surface area contributed by atoms with Crippen LogP contribution in [0.15, 0.2) is 24.3 Å². The summed E-state index contributed by atoms with van der Waals surface area (Å²) in [6.07, 6.45) is 0.960. The first-order valence-electron chi connectivity index (χ1n) is 9.24. The maximum Gasteiger partial charge on any atom is 0.260 e. The lowest BCUT2D eigenvalue weighted by Crippen LogP contribution is -2.53. The Kier molecular flexibility index (Phi) is 6.89. The van der Waals surface area contributed by atoms with Gasteiger partial charge in [0.15, 0.2) is 6.61 Å². The van der Waals surface area contributed by atoms with Crippen LogP contribution in [-0.4, -0.2) is 61.0 Å². The molecule has 6 heteroatoms. The molecule has 0 N–H and O–H groups in total. The number of benzene rings is 1. The van der Waals surface area contributed by atoms with Crippen LogP contribution in [-0.2, 0) is 9.59 Å². The Balaban J connectivity index is 1.76. The van der Waals surface area contributed by atoms with Gasteiger partial charge in [-0.25, -0.2) is 0 Å². The quantitative estimate of drug-likeness (QED) is 0.780. The minimum absolute atomic E-state index is 0.00236. The van der Waals surface area contributed by atoms with Crippen molar-refractivity contribution in [2.45, 2.75) is 34.1 Å². The van der Waals surface area contributed by atoms with E-state index >= 15 is 0 Å². The molecule has 0 radical (unpaired) electrons. The van der Waals surface area contributed by atoms with Gasteiger partial charge in [0.25, 0.3) is 5.91 Å². The number of piperazine rings is 1. The second-order valence-electron chi connectivity index (χ2n) is 7.53. The van der Waals surface area contributed by atoms with Crippen molar-refractivity contribution in [3.8, 4) is 11.5 Å². The summed E-state index contributed by atoms with van der Waals surface area (Å²) < 4.78 is 11.1. The number of hydrogen-bond acceptors (Lipinski definition) is 4. The van der Waals surface area contributed by atoms with Gasteiger partial charge in [0.1, 0.15) is 11.5 Å². The van der Waals surface area contributed by atoms with Gasteiger partial charge >= 0.3 is 0 Å². The van der Waals surface area contributed by atoms with Crippen molar-refractivity contribution in [2.75, 3.05) is 39.4 Å². The van der Waals surface area contributed by atoms with Crippen LogP contribution in [0.5, 0.6) is 11.5 Å². The molecule has 1 saturated heterocycles. The molecule has 1 aromatic carbocycles. The number of carbonyl (C=O) groups excluding carboxylic acids is 2. The largest absolute Gasteiger partial charge is 0.494 e. The Labute approximate surface area is 156 Å². The summed E-state index contributed by atoms with van der Waals surface area (Å²) >= 11 is 0. The second kappa shape index (κ2) is 8.92. The van der Waals surface area contributed by atoms with E-state index in [4.69, 9.17) is 9.47 Å². The van der Waals surface area contributed by atoms with Gasteiger partial charge < -0.3 is 19.3 Å². The highest BCUT2D eigenvalue weighted by Crippen LogP contribution is 2.19. The third-order valence-electron chi connectivity index (χ3n) is 4.22. The van der Waals surface area contributed by atoms with E-state index in [9.17, 15) is 9.59 Å². The van der Waals surface area contributed by atoms with Crippen LogP contribution in [0.2, 0.25) is 0 Å². The molecule has 26 heavy (non-hydrogen) atoms. The molecule has 0 spiro atoms. The van der Waals surface area contributed by atoms with Crippen molar-refractivity contribution < 1.29 is 19.1 Å². The van der Waals surface area contributed by atoms with E-state index in [-0.39, 0.29) is 23.8 Å². The molecule has 0 aliphatic carbocycles. The molecule has 144 valence electrons. The van der Waals surface area contributed by atoms with Crippen LogP contribution >= 0.6 is 0 Å². The molecule has 0 atom stereocenters. The topological polar surface area (TPSA) is 59.1 Å². The molecule has 1 aliphatic heterocycles. The van der Waals surface area contributed by atoms with E-state index in [2.05, 4.69) is 6.92 Å². The van der Waals surface area contributed by atoms with Crippen LogP contribution in [0, 0.1) is 5.41 Å². The Bertz CT molecular complexity index is 599. The third kappa shape index (κ3) is 5.64. The van der Waals surface area contributed by atoms with E-state index in [1.165, 1.54) is 0 Å². The van der Waals surface area contributed by atoms with Crippen LogP contribution in [0.3, 0.4) is 0 Å². The van der Waals surface area contributed by atoms with E-state index in [0.29, 0.717) is 38.5 Å². The van der Waals surface area contributed by atoms with Gasteiger partial charge in [-0.15, -0.1) is 0 Å². The van der Waals surface area contributed by atoms with Crippen molar-refractivity contribution in [1.29, 1.82) is 0 Å². The fourth-order valence-electron chi connectivity index (χ4n) is 2.72. The molecule has 6 nitrogen and oxygen atoms in total. The Morgan fingerprint density at radius 3 is 1.92 bits per heavy atom. The van der Waals surface area contributed by atoms with Gasteiger partial charge in [0.05, 0.1) is 6.61 Å². The lowest BCUT2D eigenvalue weighted by molar-refractivity contribution is -0.145. The summed E-state index contributed by atoms with van der Waals surface area (Å²) in [5.41, 5.74) is -0.387. The fourth-order valence-corrected chi connectivity index (χ4v) is 2.72. The van der Waals surface area contributed by atoms with E-state index in [1.54, 1.807) is 17.0 Å². The van der Waals surface area contributed by atoms with Gasteiger partial charge in [-0.05, 0) is 30.7 Å². The number of hydrogen-bond donors (Lipinski definition) is 0. The van der Waals surface area contributed by atoms with Gasteiger partial charge in [-0.1, -0.05) is 27.7 Å². The van der Waals surface area contributed by atoms with Crippen molar-refractivity contribution in [3.05, 3.63) is 24.3 Å². The number of carbonyl (C=O) groups is 2. The molecular formula is C20H30N2O4. The van der Waals surface area contributed by atoms with Crippen molar-refractivity contribution in [1.82, 2.24) is 9.80 Å². The Morgan fingerprint density at radius 2 is 1.42 bits per heavy atom. The van der Waals surface area contributed by atoms with E-state index in [0.717, 1.165) is 12.2 Å². The van der Waals surface area contributed by atoms with Crippen LogP contribution in [0.4, 0.5) is 0 Å². The van der Waals surface area contributed by atoms with Gasteiger partial charge in [0, 0.05) is 31.6 Å². The van der Waals surface area contributed by atoms with Crippen molar-refractivity contribution in [3.63, 3.8) is 0 Å². The van der Waals surface area contributed by atoms with Gasteiger partial charge in [-0.3, -0.25) is 9.59 Å². The lowest BCUT2D eigenvalue weighted by Gasteiger charge is -2.37. The van der Waals surface area contributed by atoms with Gasteiger partial charge in [0.2, 0.25) is 5.91 Å².